The smallest absolute Gasteiger partial charge is 0.133 e. The van der Waals surface area contributed by atoms with Crippen LogP contribution in [0.2, 0.25) is 0 Å². The molecule has 1 aliphatic heterocycles. The highest BCUT2D eigenvalue weighted by Crippen LogP contribution is 2.18. The first kappa shape index (κ1) is 18.6. The number of hydrogen-bond donors (Lipinski definition) is 1. The van der Waals surface area contributed by atoms with Crippen molar-refractivity contribution in [3.63, 3.8) is 0 Å². The molecule has 2 aromatic rings. The van der Waals surface area contributed by atoms with Crippen molar-refractivity contribution in [2.45, 2.75) is 33.0 Å². The van der Waals surface area contributed by atoms with Crippen molar-refractivity contribution in [3.05, 3.63) is 47.8 Å². The fraction of sp³-hybridized carbons (Fsp3) is 0.500. The van der Waals surface area contributed by atoms with E-state index in [0.29, 0.717) is 6.04 Å². The molecule has 1 saturated heterocycles. The zero-order chi connectivity index (χ0) is 18.4. The van der Waals surface area contributed by atoms with Crippen LogP contribution < -0.4 is 15.1 Å². The van der Waals surface area contributed by atoms with E-state index in [1.165, 1.54) is 11.1 Å². The second kappa shape index (κ2) is 8.96. The zero-order valence-electron chi connectivity index (χ0n) is 16.0. The lowest BCUT2D eigenvalue weighted by atomic mass is 10.2. The SMILES string of the molecule is CC(C)N(C)c1ccc(CNCc2cccnc2N2CCOCC2)cn1. The Morgan fingerprint density at radius 2 is 1.96 bits per heavy atom. The summed E-state index contributed by atoms with van der Waals surface area (Å²) in [7, 11) is 2.07. The van der Waals surface area contributed by atoms with Gasteiger partial charge in [-0.2, -0.15) is 0 Å². The predicted octanol–water partition coefficient (Wildman–Crippen LogP) is 2.45. The number of aromatic nitrogens is 2. The molecule has 1 N–H and O–H groups in total. The lowest BCUT2D eigenvalue weighted by molar-refractivity contribution is 0.122. The van der Waals surface area contributed by atoms with Gasteiger partial charge in [-0.15, -0.1) is 0 Å². The van der Waals surface area contributed by atoms with Crippen LogP contribution in [0.15, 0.2) is 36.7 Å². The Labute approximate surface area is 156 Å². The average molecular weight is 355 g/mol. The van der Waals surface area contributed by atoms with E-state index in [4.69, 9.17) is 4.74 Å². The molecular formula is C20H29N5O. The monoisotopic (exact) mass is 355 g/mol. The summed E-state index contributed by atoms with van der Waals surface area (Å²) >= 11 is 0. The minimum absolute atomic E-state index is 0.440. The zero-order valence-corrected chi connectivity index (χ0v) is 16.0. The van der Waals surface area contributed by atoms with Crippen LogP contribution in [-0.4, -0.2) is 49.4 Å². The first-order valence-corrected chi connectivity index (χ1v) is 9.30. The summed E-state index contributed by atoms with van der Waals surface area (Å²) in [6.45, 7) is 9.24. The van der Waals surface area contributed by atoms with E-state index in [1.54, 1.807) is 0 Å². The van der Waals surface area contributed by atoms with Crippen LogP contribution in [0.4, 0.5) is 11.6 Å². The second-order valence-electron chi connectivity index (χ2n) is 6.92. The van der Waals surface area contributed by atoms with E-state index in [0.717, 1.165) is 51.0 Å². The van der Waals surface area contributed by atoms with Gasteiger partial charge in [0.1, 0.15) is 11.6 Å². The standard InChI is InChI=1S/C20H29N5O/c1-16(2)24(3)19-7-6-17(14-23-19)13-21-15-18-5-4-8-22-20(18)25-9-11-26-12-10-25/h4-8,14,16,21H,9-13,15H2,1-3H3. The minimum atomic E-state index is 0.440. The molecule has 0 spiro atoms. The third kappa shape index (κ3) is 4.71. The first-order valence-electron chi connectivity index (χ1n) is 9.30. The maximum atomic E-state index is 5.45. The highest BCUT2D eigenvalue weighted by molar-refractivity contribution is 5.47. The molecular weight excluding hydrogens is 326 g/mol. The molecule has 3 rings (SSSR count). The van der Waals surface area contributed by atoms with Crippen molar-refractivity contribution >= 4 is 11.6 Å². The molecule has 6 heteroatoms. The van der Waals surface area contributed by atoms with Crippen LogP contribution >= 0.6 is 0 Å². The summed E-state index contributed by atoms with van der Waals surface area (Å²) in [4.78, 5) is 13.6. The van der Waals surface area contributed by atoms with E-state index in [2.05, 4.69) is 64.2 Å². The predicted molar refractivity (Wildman–Crippen MR) is 106 cm³/mol. The average Bonchev–Trinajstić information content (AvgIpc) is 2.69. The van der Waals surface area contributed by atoms with Crippen molar-refractivity contribution in [1.29, 1.82) is 0 Å². The van der Waals surface area contributed by atoms with Gasteiger partial charge < -0.3 is 19.9 Å². The summed E-state index contributed by atoms with van der Waals surface area (Å²) in [6, 6.07) is 8.80. The van der Waals surface area contributed by atoms with Crippen molar-refractivity contribution in [2.75, 3.05) is 43.2 Å². The van der Waals surface area contributed by atoms with Crippen LogP contribution in [0, 0.1) is 0 Å². The van der Waals surface area contributed by atoms with Gasteiger partial charge in [0.05, 0.1) is 13.2 Å². The molecule has 0 atom stereocenters. The van der Waals surface area contributed by atoms with Crippen LogP contribution in [0.3, 0.4) is 0 Å². The lowest BCUT2D eigenvalue weighted by Crippen LogP contribution is -2.37. The molecule has 1 fully saturated rings. The highest BCUT2D eigenvalue weighted by Gasteiger charge is 2.15. The van der Waals surface area contributed by atoms with Gasteiger partial charge in [-0.1, -0.05) is 12.1 Å². The minimum Gasteiger partial charge on any atom is -0.378 e. The lowest BCUT2D eigenvalue weighted by Gasteiger charge is -2.29. The number of morpholine rings is 1. The molecule has 0 saturated carbocycles. The molecule has 0 radical (unpaired) electrons. The quantitative estimate of drug-likeness (QED) is 0.823. The van der Waals surface area contributed by atoms with Gasteiger partial charge in [0.15, 0.2) is 0 Å². The number of ether oxygens (including phenoxy) is 1. The summed E-state index contributed by atoms with van der Waals surface area (Å²) < 4.78 is 5.45. The third-order valence-electron chi connectivity index (χ3n) is 4.77. The number of anilines is 2. The molecule has 3 heterocycles. The van der Waals surface area contributed by atoms with Crippen molar-refractivity contribution in [2.24, 2.45) is 0 Å². The van der Waals surface area contributed by atoms with Gasteiger partial charge in [-0.05, 0) is 31.5 Å². The first-order chi connectivity index (χ1) is 12.6. The molecule has 0 aromatic carbocycles. The fourth-order valence-electron chi connectivity index (χ4n) is 2.96. The van der Waals surface area contributed by atoms with E-state index >= 15 is 0 Å². The molecule has 6 nitrogen and oxygen atoms in total. The van der Waals surface area contributed by atoms with Crippen molar-refractivity contribution in [3.8, 4) is 0 Å². The number of pyridine rings is 2. The molecule has 1 aliphatic rings. The number of nitrogens with zero attached hydrogens (tertiary/aromatic N) is 4. The van der Waals surface area contributed by atoms with Crippen LogP contribution in [0.25, 0.3) is 0 Å². The van der Waals surface area contributed by atoms with Gasteiger partial charge in [0.2, 0.25) is 0 Å². The maximum Gasteiger partial charge on any atom is 0.133 e. The van der Waals surface area contributed by atoms with Gasteiger partial charge in [0, 0.05) is 57.2 Å². The summed E-state index contributed by atoms with van der Waals surface area (Å²) in [5.41, 5.74) is 2.40. The molecule has 2 aromatic heterocycles. The Bertz CT molecular complexity index is 683. The number of nitrogens with one attached hydrogen (secondary N) is 1. The Kier molecular flexibility index (Phi) is 6.41. The fourth-order valence-corrected chi connectivity index (χ4v) is 2.96. The largest absolute Gasteiger partial charge is 0.378 e. The summed E-state index contributed by atoms with van der Waals surface area (Å²) in [6.07, 6.45) is 3.81. The summed E-state index contributed by atoms with van der Waals surface area (Å²) in [5, 5.41) is 3.52. The van der Waals surface area contributed by atoms with E-state index in [-0.39, 0.29) is 0 Å². The third-order valence-corrected chi connectivity index (χ3v) is 4.77. The highest BCUT2D eigenvalue weighted by atomic mass is 16.5. The maximum absolute atomic E-state index is 5.45. The normalized spacial score (nSPS) is 14.7. The van der Waals surface area contributed by atoms with Gasteiger partial charge in [0.25, 0.3) is 0 Å². The molecule has 0 aliphatic carbocycles. The molecule has 0 bridgehead atoms. The van der Waals surface area contributed by atoms with Gasteiger partial charge in [-0.25, -0.2) is 9.97 Å². The molecule has 0 unspecified atom stereocenters. The Morgan fingerprint density at radius 3 is 2.65 bits per heavy atom. The van der Waals surface area contributed by atoms with E-state index in [1.807, 2.05) is 18.5 Å². The van der Waals surface area contributed by atoms with Crippen molar-refractivity contribution < 1.29 is 4.74 Å². The van der Waals surface area contributed by atoms with Crippen LogP contribution in [-0.2, 0) is 17.8 Å². The molecule has 26 heavy (non-hydrogen) atoms. The Morgan fingerprint density at radius 1 is 1.15 bits per heavy atom. The number of hydrogen-bond acceptors (Lipinski definition) is 6. The van der Waals surface area contributed by atoms with Gasteiger partial charge in [-0.3, -0.25) is 0 Å². The van der Waals surface area contributed by atoms with Crippen molar-refractivity contribution in [1.82, 2.24) is 15.3 Å². The van der Waals surface area contributed by atoms with E-state index in [9.17, 15) is 0 Å². The van der Waals surface area contributed by atoms with E-state index < -0.39 is 0 Å². The Hall–Kier alpha value is -2.18. The molecule has 140 valence electrons. The second-order valence-corrected chi connectivity index (χ2v) is 6.92. The number of rotatable bonds is 7. The Balaban J connectivity index is 1.57. The van der Waals surface area contributed by atoms with Gasteiger partial charge >= 0.3 is 0 Å². The summed E-state index contributed by atoms with van der Waals surface area (Å²) in [5.74, 6) is 2.07. The van der Waals surface area contributed by atoms with Crippen LogP contribution in [0.1, 0.15) is 25.0 Å². The molecule has 0 amide bonds. The topological polar surface area (TPSA) is 53.5 Å². The van der Waals surface area contributed by atoms with Crippen LogP contribution in [0.5, 0.6) is 0 Å².